The minimum Gasteiger partial charge on any atom is -0.373 e. The van der Waals surface area contributed by atoms with E-state index in [0.717, 1.165) is 0 Å². The van der Waals surface area contributed by atoms with Crippen molar-refractivity contribution in [2.75, 3.05) is 20.3 Å². The molecule has 1 amide bonds. The summed E-state index contributed by atoms with van der Waals surface area (Å²) in [4.78, 5) is 10.8. The molecule has 1 aliphatic rings. The van der Waals surface area contributed by atoms with Gasteiger partial charge in [-0.15, -0.1) is 0 Å². The van der Waals surface area contributed by atoms with E-state index in [1.165, 1.54) is 0 Å². The first-order chi connectivity index (χ1) is 7.99. The van der Waals surface area contributed by atoms with Crippen LogP contribution in [0.1, 0.15) is 39.5 Å². The number of nitrogens with two attached hydrogens (primary N) is 1. The summed E-state index contributed by atoms with van der Waals surface area (Å²) in [6.07, 6.45) is 2.43. The quantitative estimate of drug-likeness (QED) is 0.731. The fourth-order valence-corrected chi connectivity index (χ4v) is 2.39. The molecule has 2 N–H and O–H groups in total. The van der Waals surface area contributed by atoms with E-state index in [9.17, 15) is 4.79 Å². The molecule has 0 aromatic carbocycles. The summed E-state index contributed by atoms with van der Waals surface area (Å²) in [6, 6.07) is 0. The molecular formula is C12H23NO4. The number of rotatable bonds is 7. The van der Waals surface area contributed by atoms with Gasteiger partial charge in [0, 0.05) is 20.0 Å². The van der Waals surface area contributed by atoms with E-state index in [2.05, 4.69) is 0 Å². The standard InChI is InChI=1S/C12H23NO4/c1-4-12(16-8-9-17-12)11(2,15-3)7-5-6-10(13)14/h4-9H2,1-3H3,(H2,13,14). The van der Waals surface area contributed by atoms with Crippen LogP contribution in [-0.4, -0.2) is 37.6 Å². The molecule has 0 aliphatic carbocycles. The lowest BCUT2D eigenvalue weighted by atomic mass is 9.87. The van der Waals surface area contributed by atoms with Crippen molar-refractivity contribution >= 4 is 5.91 Å². The number of ether oxygens (including phenoxy) is 3. The van der Waals surface area contributed by atoms with Gasteiger partial charge < -0.3 is 19.9 Å². The predicted molar refractivity (Wildman–Crippen MR) is 63.4 cm³/mol. The molecule has 1 aliphatic heterocycles. The highest BCUT2D eigenvalue weighted by molar-refractivity contribution is 5.73. The Labute approximate surface area is 103 Å². The van der Waals surface area contributed by atoms with Crippen molar-refractivity contribution in [2.45, 2.75) is 50.9 Å². The molecule has 0 bridgehead atoms. The predicted octanol–water partition coefficient (Wildman–Crippen LogP) is 1.20. The Hall–Kier alpha value is -0.650. The van der Waals surface area contributed by atoms with Crippen molar-refractivity contribution in [2.24, 2.45) is 5.73 Å². The Morgan fingerprint density at radius 1 is 1.47 bits per heavy atom. The van der Waals surface area contributed by atoms with E-state index in [1.807, 2.05) is 13.8 Å². The average Bonchev–Trinajstić information content (AvgIpc) is 2.78. The lowest BCUT2D eigenvalue weighted by molar-refractivity contribution is -0.275. The van der Waals surface area contributed by atoms with Gasteiger partial charge in [-0.05, 0) is 19.8 Å². The zero-order valence-corrected chi connectivity index (χ0v) is 11.0. The Bertz CT molecular complexity index is 263. The van der Waals surface area contributed by atoms with E-state index >= 15 is 0 Å². The first kappa shape index (κ1) is 14.4. The summed E-state index contributed by atoms with van der Waals surface area (Å²) in [5, 5.41) is 0. The third-order valence-electron chi connectivity index (χ3n) is 3.55. The molecule has 100 valence electrons. The highest BCUT2D eigenvalue weighted by Crippen LogP contribution is 2.40. The van der Waals surface area contributed by atoms with E-state index in [4.69, 9.17) is 19.9 Å². The molecule has 1 unspecified atom stereocenters. The fourth-order valence-electron chi connectivity index (χ4n) is 2.39. The van der Waals surface area contributed by atoms with Gasteiger partial charge in [-0.2, -0.15) is 0 Å². The summed E-state index contributed by atoms with van der Waals surface area (Å²) in [5.41, 5.74) is 4.59. The first-order valence-electron chi connectivity index (χ1n) is 6.11. The highest BCUT2D eigenvalue weighted by Gasteiger charge is 2.51. The van der Waals surface area contributed by atoms with Crippen LogP contribution in [0.5, 0.6) is 0 Å². The molecular weight excluding hydrogens is 222 g/mol. The molecule has 1 fully saturated rings. The van der Waals surface area contributed by atoms with Crippen LogP contribution in [0.4, 0.5) is 0 Å². The topological polar surface area (TPSA) is 70.8 Å². The van der Waals surface area contributed by atoms with Crippen LogP contribution >= 0.6 is 0 Å². The summed E-state index contributed by atoms with van der Waals surface area (Å²) in [7, 11) is 1.65. The lowest BCUT2D eigenvalue weighted by Crippen LogP contribution is -2.54. The smallest absolute Gasteiger partial charge is 0.217 e. The van der Waals surface area contributed by atoms with Gasteiger partial charge >= 0.3 is 0 Å². The number of carbonyl (C=O) groups excluding carboxylic acids is 1. The zero-order chi connectivity index (χ0) is 12.9. The molecule has 5 nitrogen and oxygen atoms in total. The normalized spacial score (nSPS) is 22.3. The minimum atomic E-state index is -0.695. The largest absolute Gasteiger partial charge is 0.373 e. The van der Waals surface area contributed by atoms with Crippen LogP contribution in [0.2, 0.25) is 0 Å². The number of methoxy groups -OCH3 is 1. The van der Waals surface area contributed by atoms with Crippen LogP contribution in [0.3, 0.4) is 0 Å². The van der Waals surface area contributed by atoms with Gasteiger partial charge in [0.15, 0.2) is 5.79 Å². The minimum absolute atomic E-state index is 0.290. The molecule has 1 heterocycles. The third-order valence-corrected chi connectivity index (χ3v) is 3.55. The van der Waals surface area contributed by atoms with Gasteiger partial charge in [0.1, 0.15) is 5.60 Å². The van der Waals surface area contributed by atoms with E-state index in [0.29, 0.717) is 38.9 Å². The van der Waals surface area contributed by atoms with E-state index in [1.54, 1.807) is 7.11 Å². The maximum atomic E-state index is 10.8. The van der Waals surface area contributed by atoms with Gasteiger partial charge in [-0.25, -0.2) is 0 Å². The molecule has 0 radical (unpaired) electrons. The Morgan fingerprint density at radius 3 is 2.47 bits per heavy atom. The third kappa shape index (κ3) is 2.97. The van der Waals surface area contributed by atoms with Crippen LogP contribution in [0.25, 0.3) is 0 Å². The molecule has 0 aromatic heterocycles. The summed E-state index contributed by atoms with van der Waals surface area (Å²) in [6.45, 7) is 5.14. The molecule has 1 rings (SSSR count). The van der Waals surface area contributed by atoms with Gasteiger partial charge in [0.2, 0.25) is 5.91 Å². The second kappa shape index (κ2) is 5.80. The molecule has 0 spiro atoms. The number of hydrogen-bond acceptors (Lipinski definition) is 4. The van der Waals surface area contributed by atoms with Gasteiger partial charge in [-0.1, -0.05) is 6.92 Å². The van der Waals surface area contributed by atoms with E-state index in [-0.39, 0.29) is 5.91 Å². The van der Waals surface area contributed by atoms with Crippen molar-refractivity contribution < 1.29 is 19.0 Å². The molecule has 5 heteroatoms. The van der Waals surface area contributed by atoms with Crippen molar-refractivity contribution in [1.29, 1.82) is 0 Å². The maximum Gasteiger partial charge on any atom is 0.217 e. The van der Waals surface area contributed by atoms with Crippen LogP contribution in [-0.2, 0) is 19.0 Å². The van der Waals surface area contributed by atoms with Gasteiger partial charge in [-0.3, -0.25) is 4.79 Å². The zero-order valence-electron chi connectivity index (χ0n) is 11.0. The first-order valence-corrected chi connectivity index (χ1v) is 6.11. The van der Waals surface area contributed by atoms with Crippen molar-refractivity contribution in [3.05, 3.63) is 0 Å². The second-order valence-corrected chi connectivity index (χ2v) is 4.56. The summed E-state index contributed by atoms with van der Waals surface area (Å²) < 4.78 is 17.1. The Morgan fingerprint density at radius 2 is 2.06 bits per heavy atom. The summed E-state index contributed by atoms with van der Waals surface area (Å²) >= 11 is 0. The number of hydrogen-bond donors (Lipinski definition) is 1. The van der Waals surface area contributed by atoms with Gasteiger partial charge in [0.05, 0.1) is 13.2 Å². The highest BCUT2D eigenvalue weighted by atomic mass is 16.8. The average molecular weight is 245 g/mol. The van der Waals surface area contributed by atoms with Crippen LogP contribution in [0, 0.1) is 0 Å². The van der Waals surface area contributed by atoms with Crippen LogP contribution < -0.4 is 5.73 Å². The Kier molecular flexibility index (Phi) is 4.91. The summed E-state index contributed by atoms with van der Waals surface area (Å²) in [5.74, 6) is -0.985. The number of amides is 1. The second-order valence-electron chi connectivity index (χ2n) is 4.56. The van der Waals surface area contributed by atoms with E-state index < -0.39 is 11.4 Å². The number of carbonyl (C=O) groups is 1. The van der Waals surface area contributed by atoms with Crippen molar-refractivity contribution in [3.8, 4) is 0 Å². The van der Waals surface area contributed by atoms with Crippen LogP contribution in [0.15, 0.2) is 0 Å². The fraction of sp³-hybridized carbons (Fsp3) is 0.917. The van der Waals surface area contributed by atoms with Crippen molar-refractivity contribution in [3.63, 3.8) is 0 Å². The molecule has 17 heavy (non-hydrogen) atoms. The lowest BCUT2D eigenvalue weighted by Gasteiger charge is -2.43. The molecule has 1 atom stereocenters. The monoisotopic (exact) mass is 245 g/mol. The number of primary amides is 1. The molecule has 0 aromatic rings. The van der Waals surface area contributed by atoms with Crippen molar-refractivity contribution in [1.82, 2.24) is 0 Å². The molecule has 1 saturated heterocycles. The Balaban J connectivity index is 2.68. The maximum absolute atomic E-state index is 10.8. The SMILES string of the molecule is CCC1(C(C)(CCCC(N)=O)OC)OCCO1. The van der Waals surface area contributed by atoms with Gasteiger partial charge in [0.25, 0.3) is 0 Å². The molecule has 0 saturated carbocycles.